The molecule has 0 fully saturated rings. The number of hydrogen-bond acceptors (Lipinski definition) is 3. The molecule has 0 saturated carbocycles. The Labute approximate surface area is 65.6 Å². The monoisotopic (exact) mass is 156 g/mol. The fourth-order valence-corrected chi connectivity index (χ4v) is 0.814. The third-order valence-corrected chi connectivity index (χ3v) is 1.59. The van der Waals surface area contributed by atoms with E-state index in [0.29, 0.717) is 5.76 Å². The van der Waals surface area contributed by atoms with E-state index >= 15 is 0 Å². The molecule has 11 heavy (non-hydrogen) atoms. The molecule has 1 aromatic rings. The Morgan fingerprint density at radius 2 is 2.36 bits per heavy atom. The lowest BCUT2D eigenvalue weighted by molar-refractivity contribution is 0.0960. The number of hydrogen-bond donors (Lipinski definition) is 1. The molecule has 1 unspecified atom stereocenters. The van der Waals surface area contributed by atoms with Crippen LogP contribution in [-0.4, -0.2) is 12.2 Å². The van der Waals surface area contributed by atoms with Gasteiger partial charge in [0.1, 0.15) is 24.2 Å². The van der Waals surface area contributed by atoms with Gasteiger partial charge in [0.05, 0.1) is 0 Å². The van der Waals surface area contributed by atoms with Gasteiger partial charge in [0.25, 0.3) is 0 Å². The van der Waals surface area contributed by atoms with E-state index in [4.69, 9.17) is 14.3 Å². The van der Waals surface area contributed by atoms with Crippen molar-refractivity contribution >= 4 is 0 Å². The first kappa shape index (κ1) is 8.30. The number of aliphatic hydroxyl groups excluding tert-OH is 1. The lowest BCUT2D eigenvalue weighted by atomic mass is 10.3. The quantitative estimate of drug-likeness (QED) is 0.720. The maximum atomic E-state index is 8.67. The van der Waals surface area contributed by atoms with Gasteiger partial charge in [0, 0.05) is 7.11 Å². The highest BCUT2D eigenvalue weighted by Crippen LogP contribution is 2.18. The molecule has 1 heterocycles. The molecular weight excluding hydrogens is 144 g/mol. The minimum atomic E-state index is -0.0591. The Morgan fingerprint density at radius 3 is 2.82 bits per heavy atom. The highest BCUT2D eigenvalue weighted by atomic mass is 16.5. The van der Waals surface area contributed by atoms with E-state index in [1.807, 2.05) is 6.92 Å². The molecule has 0 bridgehead atoms. The maximum Gasteiger partial charge on any atom is 0.132 e. The summed E-state index contributed by atoms with van der Waals surface area (Å²) in [6.45, 7) is 1.83. The van der Waals surface area contributed by atoms with Gasteiger partial charge in [-0.25, -0.2) is 0 Å². The number of methoxy groups -OCH3 is 1. The molecule has 0 aliphatic carbocycles. The average molecular weight is 156 g/mol. The number of ether oxygens (including phenoxy) is 1. The number of aliphatic hydroxyl groups is 1. The van der Waals surface area contributed by atoms with Crippen molar-refractivity contribution in [3.8, 4) is 0 Å². The van der Waals surface area contributed by atoms with Crippen LogP contribution in [0.3, 0.4) is 0 Å². The summed E-state index contributed by atoms with van der Waals surface area (Å²) < 4.78 is 10.2. The van der Waals surface area contributed by atoms with Crippen LogP contribution in [0.25, 0.3) is 0 Å². The van der Waals surface area contributed by atoms with E-state index in [0.717, 1.165) is 5.76 Å². The number of rotatable bonds is 3. The average Bonchev–Trinajstić information content (AvgIpc) is 2.50. The van der Waals surface area contributed by atoms with Gasteiger partial charge in [-0.05, 0) is 19.1 Å². The van der Waals surface area contributed by atoms with Crippen molar-refractivity contribution < 1.29 is 14.3 Å². The van der Waals surface area contributed by atoms with Crippen LogP contribution in [0.15, 0.2) is 16.5 Å². The van der Waals surface area contributed by atoms with Crippen LogP contribution in [0.4, 0.5) is 0 Å². The van der Waals surface area contributed by atoms with Crippen molar-refractivity contribution in [2.75, 3.05) is 7.11 Å². The Morgan fingerprint density at radius 1 is 1.64 bits per heavy atom. The zero-order valence-electron chi connectivity index (χ0n) is 6.70. The summed E-state index contributed by atoms with van der Waals surface area (Å²) in [4.78, 5) is 0. The summed E-state index contributed by atoms with van der Waals surface area (Å²) in [5.41, 5.74) is 0. The minimum absolute atomic E-state index is 0.0460. The Kier molecular flexibility index (Phi) is 2.68. The van der Waals surface area contributed by atoms with Crippen LogP contribution in [0.2, 0.25) is 0 Å². The molecule has 62 valence electrons. The smallest absolute Gasteiger partial charge is 0.132 e. The molecule has 1 rings (SSSR count). The van der Waals surface area contributed by atoms with Gasteiger partial charge >= 0.3 is 0 Å². The first-order chi connectivity index (χ1) is 5.27. The molecule has 3 heteroatoms. The molecule has 1 atom stereocenters. The van der Waals surface area contributed by atoms with Crippen molar-refractivity contribution in [1.82, 2.24) is 0 Å². The van der Waals surface area contributed by atoms with E-state index in [-0.39, 0.29) is 12.7 Å². The summed E-state index contributed by atoms with van der Waals surface area (Å²) in [6.07, 6.45) is -0.0460. The molecule has 0 spiro atoms. The van der Waals surface area contributed by atoms with Crippen molar-refractivity contribution in [3.63, 3.8) is 0 Å². The first-order valence-electron chi connectivity index (χ1n) is 3.50. The van der Waals surface area contributed by atoms with Gasteiger partial charge in [-0.1, -0.05) is 0 Å². The molecule has 0 aromatic carbocycles. The second kappa shape index (κ2) is 3.55. The Balaban J connectivity index is 2.71. The fraction of sp³-hybridized carbons (Fsp3) is 0.500. The summed E-state index contributed by atoms with van der Waals surface area (Å²) in [5.74, 6) is 1.32. The molecule has 0 amide bonds. The summed E-state index contributed by atoms with van der Waals surface area (Å²) in [6, 6.07) is 3.55. The number of furan rings is 1. The van der Waals surface area contributed by atoms with E-state index in [9.17, 15) is 0 Å². The summed E-state index contributed by atoms with van der Waals surface area (Å²) in [5, 5.41) is 8.67. The molecule has 0 aliphatic rings. The molecule has 1 aromatic heterocycles. The molecular formula is C8H12O3. The van der Waals surface area contributed by atoms with E-state index in [2.05, 4.69) is 0 Å². The van der Waals surface area contributed by atoms with Crippen LogP contribution < -0.4 is 0 Å². The van der Waals surface area contributed by atoms with E-state index in [1.54, 1.807) is 19.2 Å². The van der Waals surface area contributed by atoms with E-state index in [1.165, 1.54) is 0 Å². The maximum absolute atomic E-state index is 8.67. The van der Waals surface area contributed by atoms with Crippen molar-refractivity contribution in [2.24, 2.45) is 0 Å². The minimum Gasteiger partial charge on any atom is -0.461 e. The van der Waals surface area contributed by atoms with Gasteiger partial charge in [-0.15, -0.1) is 0 Å². The molecule has 0 saturated heterocycles. The summed E-state index contributed by atoms with van der Waals surface area (Å²) in [7, 11) is 1.62. The Hall–Kier alpha value is -0.800. The van der Waals surface area contributed by atoms with Crippen LogP contribution >= 0.6 is 0 Å². The molecule has 3 nitrogen and oxygen atoms in total. The van der Waals surface area contributed by atoms with Gasteiger partial charge < -0.3 is 14.3 Å². The second-order valence-electron chi connectivity index (χ2n) is 2.34. The van der Waals surface area contributed by atoms with Crippen molar-refractivity contribution in [2.45, 2.75) is 19.6 Å². The standard InChI is InChI=1S/C8H12O3/c1-6(10-2)8-4-3-7(5-9)11-8/h3-4,6,9H,5H2,1-2H3. The lowest BCUT2D eigenvalue weighted by Crippen LogP contribution is -1.92. The van der Waals surface area contributed by atoms with E-state index < -0.39 is 0 Å². The van der Waals surface area contributed by atoms with Crippen LogP contribution in [0, 0.1) is 0 Å². The molecule has 0 radical (unpaired) electrons. The third-order valence-electron chi connectivity index (χ3n) is 1.59. The van der Waals surface area contributed by atoms with Crippen LogP contribution in [0.1, 0.15) is 24.5 Å². The topological polar surface area (TPSA) is 42.6 Å². The van der Waals surface area contributed by atoms with Gasteiger partial charge in [-0.2, -0.15) is 0 Å². The third kappa shape index (κ3) is 1.82. The van der Waals surface area contributed by atoms with Crippen molar-refractivity contribution in [3.05, 3.63) is 23.7 Å². The zero-order chi connectivity index (χ0) is 8.27. The normalized spacial score (nSPS) is 13.4. The van der Waals surface area contributed by atoms with Crippen LogP contribution in [-0.2, 0) is 11.3 Å². The second-order valence-corrected chi connectivity index (χ2v) is 2.34. The van der Waals surface area contributed by atoms with Crippen molar-refractivity contribution in [1.29, 1.82) is 0 Å². The Bertz CT molecular complexity index is 217. The predicted octanol–water partition coefficient (Wildman–Crippen LogP) is 1.48. The SMILES string of the molecule is COC(C)c1ccc(CO)o1. The highest BCUT2D eigenvalue weighted by Gasteiger charge is 2.07. The molecule has 1 N–H and O–H groups in total. The fourth-order valence-electron chi connectivity index (χ4n) is 0.814. The van der Waals surface area contributed by atoms with Gasteiger partial charge in [0.15, 0.2) is 0 Å². The first-order valence-corrected chi connectivity index (χ1v) is 3.50. The largest absolute Gasteiger partial charge is 0.461 e. The predicted molar refractivity (Wildman–Crippen MR) is 40.1 cm³/mol. The zero-order valence-corrected chi connectivity index (χ0v) is 6.70. The van der Waals surface area contributed by atoms with Crippen LogP contribution in [0.5, 0.6) is 0 Å². The lowest BCUT2D eigenvalue weighted by Gasteiger charge is -2.03. The highest BCUT2D eigenvalue weighted by molar-refractivity contribution is 5.08. The van der Waals surface area contributed by atoms with Gasteiger partial charge in [0.2, 0.25) is 0 Å². The summed E-state index contributed by atoms with van der Waals surface area (Å²) >= 11 is 0. The molecule has 0 aliphatic heterocycles. The van der Waals surface area contributed by atoms with Gasteiger partial charge in [-0.3, -0.25) is 0 Å².